The Morgan fingerprint density at radius 1 is 0.857 bits per heavy atom. The summed E-state index contributed by atoms with van der Waals surface area (Å²) >= 11 is 0. The molecule has 5 rings (SSSR count). The largest absolute Gasteiger partial charge is 0.497 e. The average Bonchev–Trinajstić information content (AvgIpc) is 3.39. The molecule has 172 valence electrons. The summed E-state index contributed by atoms with van der Waals surface area (Å²) in [6, 6.07) is 36.2. The van der Waals surface area contributed by atoms with Gasteiger partial charge in [0.15, 0.2) is 5.78 Å². The highest BCUT2D eigenvalue weighted by Crippen LogP contribution is 2.36. The third-order valence-electron chi connectivity index (χ3n) is 6.16. The topological polar surface area (TPSA) is 41.9 Å². The summed E-state index contributed by atoms with van der Waals surface area (Å²) in [5.74, 6) is 0.687. The minimum Gasteiger partial charge on any atom is -0.497 e. The summed E-state index contributed by atoms with van der Waals surface area (Å²) < 4.78 is 5.16. The van der Waals surface area contributed by atoms with E-state index in [1.54, 1.807) is 37.5 Å². The predicted molar refractivity (Wildman–Crippen MR) is 142 cm³/mol. The lowest BCUT2D eigenvalue weighted by atomic mass is 9.98. The number of carbonyl (C=O) groups excluding carboxylic acids is 1. The molecule has 4 aromatic carbocycles. The van der Waals surface area contributed by atoms with E-state index >= 15 is 0 Å². The standard InChI is InChI=1S/C31H26N2O2/c1-35-28-19-15-26(16-20-28)31(34)21-14-23-12-17-27(18-13-23)33-30(25-10-6-3-7-11-25)22-29(32-33)24-8-4-2-5-9-24/h2-21,30H,22H2,1H3. The number of rotatable bonds is 7. The molecular formula is C31H26N2O2. The normalized spacial score (nSPS) is 15.3. The van der Waals surface area contributed by atoms with Gasteiger partial charge in [-0.2, -0.15) is 5.10 Å². The van der Waals surface area contributed by atoms with Crippen LogP contribution < -0.4 is 9.75 Å². The number of hydrogen-bond acceptors (Lipinski definition) is 4. The minimum atomic E-state index is -0.0440. The van der Waals surface area contributed by atoms with Gasteiger partial charge in [-0.1, -0.05) is 78.9 Å². The van der Waals surface area contributed by atoms with Crippen LogP contribution in [0, 0.1) is 0 Å². The molecule has 0 aliphatic carbocycles. The van der Waals surface area contributed by atoms with E-state index in [9.17, 15) is 4.79 Å². The van der Waals surface area contributed by atoms with Gasteiger partial charge in [-0.3, -0.25) is 9.80 Å². The second kappa shape index (κ2) is 10.2. The molecule has 4 nitrogen and oxygen atoms in total. The lowest BCUT2D eigenvalue weighted by molar-refractivity contribution is 0.104. The van der Waals surface area contributed by atoms with Crippen LogP contribution >= 0.6 is 0 Å². The average molecular weight is 459 g/mol. The quantitative estimate of drug-likeness (QED) is 0.222. The first-order valence-electron chi connectivity index (χ1n) is 11.6. The molecule has 0 fully saturated rings. The van der Waals surface area contributed by atoms with Crippen molar-refractivity contribution in [2.45, 2.75) is 12.5 Å². The Labute approximate surface area is 205 Å². The molecular weight excluding hydrogens is 432 g/mol. The van der Waals surface area contributed by atoms with Gasteiger partial charge in [-0.15, -0.1) is 0 Å². The zero-order valence-electron chi connectivity index (χ0n) is 19.5. The van der Waals surface area contributed by atoms with Crippen LogP contribution in [0.5, 0.6) is 5.75 Å². The van der Waals surface area contributed by atoms with Gasteiger partial charge >= 0.3 is 0 Å². The summed E-state index contributed by atoms with van der Waals surface area (Å²) in [5, 5.41) is 7.12. The number of anilines is 1. The molecule has 0 saturated heterocycles. The Balaban J connectivity index is 1.37. The Bertz CT molecular complexity index is 1340. The number of allylic oxidation sites excluding steroid dienone is 1. The van der Waals surface area contributed by atoms with Crippen LogP contribution in [-0.4, -0.2) is 18.6 Å². The maximum atomic E-state index is 12.5. The van der Waals surface area contributed by atoms with E-state index in [1.807, 2.05) is 42.5 Å². The Morgan fingerprint density at radius 2 is 1.51 bits per heavy atom. The first-order chi connectivity index (χ1) is 17.2. The van der Waals surface area contributed by atoms with Crippen LogP contribution in [0.1, 0.15) is 39.5 Å². The van der Waals surface area contributed by atoms with Gasteiger partial charge in [0.1, 0.15) is 5.75 Å². The van der Waals surface area contributed by atoms with E-state index in [-0.39, 0.29) is 11.8 Å². The molecule has 1 aliphatic heterocycles. The van der Waals surface area contributed by atoms with E-state index in [4.69, 9.17) is 9.84 Å². The lowest BCUT2D eigenvalue weighted by Crippen LogP contribution is -2.18. The lowest BCUT2D eigenvalue weighted by Gasteiger charge is -2.24. The van der Waals surface area contributed by atoms with Gasteiger partial charge in [0.2, 0.25) is 0 Å². The van der Waals surface area contributed by atoms with E-state index in [0.717, 1.165) is 34.7 Å². The van der Waals surface area contributed by atoms with Crippen molar-refractivity contribution in [2.24, 2.45) is 5.10 Å². The summed E-state index contributed by atoms with van der Waals surface area (Å²) in [7, 11) is 1.61. The SMILES string of the molecule is COc1ccc(C(=O)C=Cc2ccc(N3N=C(c4ccccc4)CC3c3ccccc3)cc2)cc1. The van der Waals surface area contributed by atoms with Crippen molar-refractivity contribution in [3.05, 3.63) is 138 Å². The van der Waals surface area contributed by atoms with Gasteiger partial charge in [0, 0.05) is 12.0 Å². The summed E-state index contributed by atoms with van der Waals surface area (Å²) in [4.78, 5) is 12.5. The molecule has 0 saturated carbocycles. The van der Waals surface area contributed by atoms with Crippen molar-refractivity contribution in [1.82, 2.24) is 0 Å². The van der Waals surface area contributed by atoms with Crippen molar-refractivity contribution in [2.75, 3.05) is 12.1 Å². The van der Waals surface area contributed by atoms with Crippen molar-refractivity contribution in [3.8, 4) is 5.75 Å². The fourth-order valence-electron chi connectivity index (χ4n) is 4.25. The Morgan fingerprint density at radius 3 is 2.17 bits per heavy atom. The second-order valence-electron chi connectivity index (χ2n) is 8.41. The Kier molecular flexibility index (Phi) is 6.53. The first kappa shape index (κ1) is 22.4. The van der Waals surface area contributed by atoms with E-state index in [0.29, 0.717) is 5.56 Å². The number of ether oxygens (including phenoxy) is 1. The highest BCUT2D eigenvalue weighted by molar-refractivity contribution is 6.07. The fraction of sp³-hybridized carbons (Fsp3) is 0.0968. The summed E-state index contributed by atoms with van der Waals surface area (Å²) in [6.07, 6.45) is 4.28. The minimum absolute atomic E-state index is 0.0440. The second-order valence-corrected chi connectivity index (χ2v) is 8.41. The molecule has 0 bridgehead atoms. The number of nitrogens with zero attached hydrogens (tertiary/aromatic N) is 2. The van der Waals surface area contributed by atoms with Crippen LogP contribution in [0.3, 0.4) is 0 Å². The van der Waals surface area contributed by atoms with Gasteiger partial charge in [-0.05, 0) is 59.2 Å². The molecule has 0 amide bonds. The molecule has 1 unspecified atom stereocenters. The number of benzene rings is 4. The Hall–Kier alpha value is -4.44. The fourth-order valence-corrected chi connectivity index (χ4v) is 4.25. The van der Waals surface area contributed by atoms with Gasteiger partial charge in [0.25, 0.3) is 0 Å². The van der Waals surface area contributed by atoms with Crippen molar-refractivity contribution >= 4 is 23.3 Å². The summed E-state index contributed by atoms with van der Waals surface area (Å²) in [6.45, 7) is 0. The molecule has 0 spiro atoms. The first-order valence-corrected chi connectivity index (χ1v) is 11.6. The number of hydrazone groups is 1. The number of ketones is 1. The van der Waals surface area contributed by atoms with E-state index in [2.05, 4.69) is 53.5 Å². The highest BCUT2D eigenvalue weighted by Gasteiger charge is 2.29. The van der Waals surface area contributed by atoms with Gasteiger partial charge < -0.3 is 4.74 Å². The maximum absolute atomic E-state index is 12.5. The predicted octanol–water partition coefficient (Wildman–Crippen LogP) is 6.95. The maximum Gasteiger partial charge on any atom is 0.185 e. The molecule has 0 radical (unpaired) electrons. The summed E-state index contributed by atoms with van der Waals surface area (Å²) in [5.41, 5.74) is 6.06. The number of hydrogen-bond donors (Lipinski definition) is 0. The van der Waals surface area contributed by atoms with Gasteiger partial charge in [0.05, 0.1) is 24.6 Å². The number of methoxy groups -OCH3 is 1. The van der Waals surface area contributed by atoms with E-state index < -0.39 is 0 Å². The molecule has 35 heavy (non-hydrogen) atoms. The van der Waals surface area contributed by atoms with Crippen molar-refractivity contribution in [3.63, 3.8) is 0 Å². The molecule has 1 aliphatic rings. The van der Waals surface area contributed by atoms with Crippen LogP contribution in [0.2, 0.25) is 0 Å². The van der Waals surface area contributed by atoms with Crippen molar-refractivity contribution < 1.29 is 9.53 Å². The van der Waals surface area contributed by atoms with E-state index in [1.165, 1.54) is 5.56 Å². The molecule has 4 heteroatoms. The third-order valence-corrected chi connectivity index (χ3v) is 6.16. The smallest absolute Gasteiger partial charge is 0.185 e. The zero-order valence-corrected chi connectivity index (χ0v) is 19.5. The zero-order chi connectivity index (χ0) is 24.0. The number of carbonyl (C=O) groups is 1. The van der Waals surface area contributed by atoms with Crippen LogP contribution in [0.4, 0.5) is 5.69 Å². The molecule has 1 heterocycles. The van der Waals surface area contributed by atoms with Gasteiger partial charge in [-0.25, -0.2) is 0 Å². The monoisotopic (exact) mass is 458 g/mol. The molecule has 0 aromatic heterocycles. The van der Waals surface area contributed by atoms with Crippen LogP contribution in [0.15, 0.2) is 120 Å². The third kappa shape index (κ3) is 5.07. The molecule has 4 aromatic rings. The van der Waals surface area contributed by atoms with Crippen LogP contribution in [0.25, 0.3) is 6.08 Å². The van der Waals surface area contributed by atoms with Crippen LogP contribution in [-0.2, 0) is 0 Å². The highest BCUT2D eigenvalue weighted by atomic mass is 16.5. The molecule has 0 N–H and O–H groups in total. The molecule has 1 atom stereocenters. The van der Waals surface area contributed by atoms with Crippen molar-refractivity contribution in [1.29, 1.82) is 0 Å².